The number of rotatable bonds is 0. The lowest BCUT2D eigenvalue weighted by Gasteiger charge is -2.32. The van der Waals surface area contributed by atoms with Crippen LogP contribution in [0.1, 0.15) is 27.7 Å². The molecule has 1 fully saturated rings. The van der Waals surface area contributed by atoms with Gasteiger partial charge in [-0.05, 0) is 27.7 Å². The van der Waals surface area contributed by atoms with Crippen molar-refractivity contribution in [1.82, 2.24) is 0 Å². The van der Waals surface area contributed by atoms with Gasteiger partial charge in [0.1, 0.15) is 0 Å². The van der Waals surface area contributed by atoms with Crippen molar-refractivity contribution in [1.29, 1.82) is 0 Å². The Morgan fingerprint density at radius 1 is 1.00 bits per heavy atom. The molecule has 11 heavy (non-hydrogen) atoms. The first-order valence-corrected chi connectivity index (χ1v) is 8.51. The Kier molecular flexibility index (Phi) is 4.98. The van der Waals surface area contributed by atoms with Crippen LogP contribution in [0.25, 0.3) is 0 Å². The van der Waals surface area contributed by atoms with Gasteiger partial charge in [0.2, 0.25) is 0 Å². The highest BCUT2D eigenvalue weighted by Crippen LogP contribution is 2.33. The molecule has 5 heteroatoms. The monoisotopic (exact) mass is 282 g/mol. The lowest BCUT2D eigenvalue weighted by molar-refractivity contribution is 0.00578. The Morgan fingerprint density at radius 2 is 1.27 bits per heavy atom. The predicted molar refractivity (Wildman–Crippen MR) is 57.3 cm³/mol. The van der Waals surface area contributed by atoms with Crippen LogP contribution in [0.5, 0.6) is 0 Å². The first-order chi connectivity index (χ1) is 4.96. The molecule has 1 saturated heterocycles. The van der Waals surface area contributed by atoms with E-state index in [2.05, 4.69) is 20.3 Å². The van der Waals surface area contributed by atoms with Crippen molar-refractivity contribution in [2.24, 2.45) is 0 Å². The Morgan fingerprint density at radius 3 is 1.36 bits per heavy atom. The molecule has 0 bridgehead atoms. The summed E-state index contributed by atoms with van der Waals surface area (Å²) >= 11 is 4.01. The lowest BCUT2D eigenvalue weighted by Crippen LogP contribution is -2.41. The minimum absolute atomic E-state index is 0.187. The van der Waals surface area contributed by atoms with E-state index in [1.54, 1.807) is 0 Å². The first-order valence-electron chi connectivity index (χ1n) is 3.40. The van der Waals surface area contributed by atoms with Crippen LogP contribution in [0.15, 0.2) is 0 Å². The molecule has 0 spiro atoms. The molecule has 2 radical (unpaired) electrons. The van der Waals surface area contributed by atoms with E-state index in [4.69, 9.17) is 9.31 Å². The van der Waals surface area contributed by atoms with Gasteiger partial charge in [0.05, 0.1) is 11.2 Å². The summed E-state index contributed by atoms with van der Waals surface area (Å²) in [5.41, 5.74) is -0.375. The van der Waals surface area contributed by atoms with Gasteiger partial charge in [-0.15, -0.1) is 0 Å². The second kappa shape index (κ2) is 4.47. The van der Waals surface area contributed by atoms with Crippen molar-refractivity contribution >= 4 is 41.0 Å². The molecule has 1 aliphatic rings. The van der Waals surface area contributed by atoms with Gasteiger partial charge in [-0.25, -0.2) is 20.3 Å². The van der Waals surface area contributed by atoms with E-state index in [1.807, 2.05) is 40.7 Å². The standard InChI is InChI=1S/C6H12BO2.Al.HI.H/c1-5(2)6(3,4)9-7-8-5;;;/h1-4H3;;1H;/q;+1;;/p-1. The number of halogens is 1. The van der Waals surface area contributed by atoms with Crippen LogP contribution in [0, 0.1) is 0 Å². The predicted octanol–water partition coefficient (Wildman–Crippen LogP) is 1.36. The fourth-order valence-electron chi connectivity index (χ4n) is 0.548. The Labute approximate surface area is 88.8 Å². The summed E-state index contributed by atoms with van der Waals surface area (Å²) < 4.78 is 10.4. The summed E-state index contributed by atoms with van der Waals surface area (Å²) in [6.07, 6.45) is 0. The Bertz CT molecular complexity index is 116. The molecule has 0 aliphatic carbocycles. The zero-order valence-electron chi connectivity index (χ0n) is 7.48. The van der Waals surface area contributed by atoms with Gasteiger partial charge in [-0.2, -0.15) is 0 Å². The average Bonchev–Trinajstić information content (AvgIpc) is 2.12. The van der Waals surface area contributed by atoms with E-state index >= 15 is 0 Å². The largest absolute Gasteiger partial charge is 0.488 e. The normalized spacial score (nSPS) is 24.8. The minimum Gasteiger partial charge on any atom is -0.405 e. The van der Waals surface area contributed by atoms with Crippen LogP contribution < -0.4 is 0 Å². The summed E-state index contributed by atoms with van der Waals surface area (Å²) in [6, 6.07) is 0. The van der Waals surface area contributed by atoms with Gasteiger partial charge in [0.25, 0.3) is 13.0 Å². The van der Waals surface area contributed by atoms with E-state index < -0.39 is 0 Å². The van der Waals surface area contributed by atoms with Gasteiger partial charge in [-0.1, -0.05) is 0 Å². The van der Waals surface area contributed by atoms with Gasteiger partial charge < -0.3 is 9.31 Å². The molecular formula is C6H13AlBIO2. The third kappa shape index (κ3) is 2.89. The first kappa shape index (κ1) is 12.2. The minimum atomic E-state index is -0.188. The second-order valence-electron chi connectivity index (χ2n) is 3.35. The van der Waals surface area contributed by atoms with E-state index in [-0.39, 0.29) is 11.2 Å². The van der Waals surface area contributed by atoms with Crippen molar-refractivity contribution in [3.63, 3.8) is 0 Å². The third-order valence-corrected chi connectivity index (χ3v) is 2.14. The van der Waals surface area contributed by atoms with Gasteiger partial charge in [0.15, 0.2) is 0 Å². The molecule has 0 aromatic heterocycles. The fraction of sp³-hybridized carbons (Fsp3) is 1.00. The van der Waals surface area contributed by atoms with Crippen molar-refractivity contribution < 1.29 is 9.31 Å². The number of hydrogen-bond donors (Lipinski definition) is 0. The van der Waals surface area contributed by atoms with Crippen molar-refractivity contribution in [2.75, 3.05) is 0 Å². The van der Waals surface area contributed by atoms with Crippen LogP contribution >= 0.6 is 20.3 Å². The zero-order valence-corrected chi connectivity index (χ0v) is 11.1. The summed E-state index contributed by atoms with van der Waals surface area (Å²) in [5, 5.41) is 0. The van der Waals surface area contributed by atoms with Crippen LogP contribution in [0.3, 0.4) is 0 Å². The van der Waals surface area contributed by atoms with E-state index in [9.17, 15) is 0 Å². The van der Waals surface area contributed by atoms with Crippen molar-refractivity contribution in [3.8, 4) is 0 Å². The van der Waals surface area contributed by atoms with Gasteiger partial charge in [0, 0.05) is 0 Å². The van der Waals surface area contributed by atoms with Crippen molar-refractivity contribution in [2.45, 2.75) is 38.9 Å². The van der Waals surface area contributed by atoms with Crippen LogP contribution in [0.4, 0.5) is 0 Å². The molecule has 0 aromatic carbocycles. The SMILES string of the molecule is CC1(C)O[B]OC1(C)C.[AlH][I]. The molecule has 0 aromatic rings. The fourth-order valence-corrected chi connectivity index (χ4v) is 0.548. The van der Waals surface area contributed by atoms with Gasteiger partial charge in [-0.3, -0.25) is 0 Å². The topological polar surface area (TPSA) is 18.5 Å². The zero-order chi connectivity index (χ0) is 9.12. The molecule has 1 heterocycles. The average molecular weight is 282 g/mol. The summed E-state index contributed by atoms with van der Waals surface area (Å²) in [5.74, 6) is 0. The van der Waals surface area contributed by atoms with Crippen LogP contribution in [-0.4, -0.2) is 31.9 Å². The van der Waals surface area contributed by atoms with E-state index in [0.29, 0.717) is 0 Å². The Balaban J connectivity index is 0.000000461. The van der Waals surface area contributed by atoms with Crippen LogP contribution in [-0.2, 0) is 9.31 Å². The molecule has 0 atom stereocenters. The highest BCUT2D eigenvalue weighted by Gasteiger charge is 2.44. The molecule has 2 nitrogen and oxygen atoms in total. The second-order valence-corrected chi connectivity index (χ2v) is 3.35. The molecule has 0 unspecified atom stereocenters. The highest BCUT2D eigenvalue weighted by molar-refractivity contribution is 14.1. The molecule has 0 saturated carbocycles. The molecule has 62 valence electrons. The molecular weight excluding hydrogens is 269 g/mol. The summed E-state index contributed by atoms with van der Waals surface area (Å²) in [6.45, 7) is 8.04. The van der Waals surface area contributed by atoms with E-state index in [1.165, 1.54) is 7.69 Å². The van der Waals surface area contributed by atoms with Crippen molar-refractivity contribution in [3.05, 3.63) is 0 Å². The molecule has 1 aliphatic heterocycles. The maximum Gasteiger partial charge on any atom is 0.488 e. The smallest absolute Gasteiger partial charge is 0.405 e. The molecule has 1 rings (SSSR count). The quantitative estimate of drug-likeness (QED) is 0.493. The summed E-state index contributed by atoms with van der Waals surface area (Å²) in [7, 11) is 1.42. The highest BCUT2D eigenvalue weighted by atomic mass is 127. The number of hydrogen-bond acceptors (Lipinski definition) is 2. The summed E-state index contributed by atoms with van der Waals surface area (Å²) in [4.78, 5) is 0. The molecule has 0 amide bonds. The molecule has 0 N–H and O–H groups in total. The Hall–Kier alpha value is 1.25. The van der Waals surface area contributed by atoms with Gasteiger partial charge >= 0.3 is 7.69 Å². The maximum absolute atomic E-state index is 5.21. The maximum atomic E-state index is 5.21. The van der Waals surface area contributed by atoms with Crippen LogP contribution in [0.2, 0.25) is 0 Å². The lowest BCUT2D eigenvalue weighted by atomic mass is 9.90. The van der Waals surface area contributed by atoms with E-state index in [0.717, 1.165) is 0 Å². The third-order valence-electron chi connectivity index (χ3n) is 2.14.